The number of amides is 1. The summed E-state index contributed by atoms with van der Waals surface area (Å²) in [5, 5.41) is 3.42. The van der Waals surface area contributed by atoms with Crippen LogP contribution >= 0.6 is 11.6 Å². The smallest absolute Gasteiger partial charge is 0.262 e. The number of halogens is 1. The predicted octanol–water partition coefficient (Wildman–Crippen LogP) is 8.90. The maximum absolute atomic E-state index is 14.3. The molecule has 48 heavy (non-hydrogen) atoms. The number of nitrogens with one attached hydrogen (secondary N) is 1. The molecule has 3 aliphatic rings. The van der Waals surface area contributed by atoms with Gasteiger partial charge in [-0.3, -0.25) is 14.4 Å². The summed E-state index contributed by atoms with van der Waals surface area (Å²) in [6.07, 6.45) is 2.96. The molecule has 3 aromatic rings. The largest absolute Gasteiger partial charge is 0.483 e. The molecule has 1 aliphatic heterocycles. The van der Waals surface area contributed by atoms with Crippen LogP contribution in [0.1, 0.15) is 81.5 Å². The maximum Gasteiger partial charge on any atom is 0.262 e. The number of ketones is 2. The maximum atomic E-state index is 14.3. The average molecular weight is 665 g/mol. The fourth-order valence-corrected chi connectivity index (χ4v) is 7.85. The number of aryl methyl sites for hydroxylation is 2. The zero-order valence-electron chi connectivity index (χ0n) is 28.8. The standard InChI is InChI=1S/C41H45ClN2O4/c1-25-12-14-30(26(2)18-25)43-36(47)24-48-35-15-13-28(42)19-29(35)37-38-31(20-40(3,4)22-33(38)45)44(17-16-27-10-8-7-9-11-27)32-21-41(5,6)23-34(46)39(32)37/h7-15,18-19,37H,16-17,20-24H2,1-6H3,(H,43,47). The first-order chi connectivity index (χ1) is 22.7. The molecule has 6 rings (SSSR count). The van der Waals surface area contributed by atoms with E-state index in [-0.39, 0.29) is 34.9 Å². The van der Waals surface area contributed by atoms with Gasteiger partial charge < -0.3 is 15.0 Å². The summed E-state index contributed by atoms with van der Waals surface area (Å²) in [6, 6.07) is 21.5. The Morgan fingerprint density at radius 3 is 2.08 bits per heavy atom. The Labute approximate surface area is 289 Å². The first-order valence-corrected chi connectivity index (χ1v) is 17.2. The van der Waals surface area contributed by atoms with E-state index in [9.17, 15) is 14.4 Å². The monoisotopic (exact) mass is 664 g/mol. The number of allylic oxidation sites excluding steroid dienone is 4. The van der Waals surface area contributed by atoms with Gasteiger partial charge in [0.25, 0.3) is 5.91 Å². The van der Waals surface area contributed by atoms with Gasteiger partial charge in [-0.05, 0) is 79.3 Å². The molecule has 250 valence electrons. The van der Waals surface area contributed by atoms with Crippen molar-refractivity contribution in [1.82, 2.24) is 4.90 Å². The number of anilines is 1. The molecule has 0 bridgehead atoms. The number of benzene rings is 3. The number of hydrogen-bond donors (Lipinski definition) is 1. The second-order valence-corrected chi connectivity index (χ2v) is 15.7. The quantitative estimate of drug-likeness (QED) is 0.260. The van der Waals surface area contributed by atoms with Crippen molar-refractivity contribution >= 4 is 34.8 Å². The Bertz CT molecular complexity index is 1800. The molecule has 0 saturated heterocycles. The molecule has 0 radical (unpaired) electrons. The van der Waals surface area contributed by atoms with Crippen molar-refractivity contribution in [2.45, 2.75) is 79.6 Å². The summed E-state index contributed by atoms with van der Waals surface area (Å²) < 4.78 is 6.23. The van der Waals surface area contributed by atoms with Gasteiger partial charge in [-0.1, -0.05) is 87.3 Å². The van der Waals surface area contributed by atoms with E-state index in [0.29, 0.717) is 59.7 Å². The summed E-state index contributed by atoms with van der Waals surface area (Å²) in [5.41, 5.74) is 7.45. The van der Waals surface area contributed by atoms with Gasteiger partial charge in [0.15, 0.2) is 18.2 Å². The first-order valence-electron chi connectivity index (χ1n) is 16.8. The second-order valence-electron chi connectivity index (χ2n) is 15.3. The van der Waals surface area contributed by atoms with Crippen LogP contribution in [0.5, 0.6) is 5.75 Å². The van der Waals surface area contributed by atoms with E-state index in [2.05, 4.69) is 50.0 Å². The Morgan fingerprint density at radius 1 is 0.854 bits per heavy atom. The molecule has 7 heteroatoms. The summed E-state index contributed by atoms with van der Waals surface area (Å²) in [6.45, 7) is 12.9. The van der Waals surface area contributed by atoms with Crippen LogP contribution < -0.4 is 10.1 Å². The fourth-order valence-electron chi connectivity index (χ4n) is 7.67. The molecular formula is C41H45ClN2O4. The molecule has 0 aromatic heterocycles. The minimum atomic E-state index is -0.633. The SMILES string of the molecule is Cc1ccc(NC(=O)COc2ccc(Cl)cc2C2C3=C(CC(C)(C)CC3=O)N(CCc3ccccc3)C3=C2C(=O)CC(C)(C)C3)c(C)c1. The lowest BCUT2D eigenvalue weighted by atomic mass is 9.63. The molecule has 0 fully saturated rings. The Balaban J connectivity index is 1.43. The van der Waals surface area contributed by atoms with E-state index < -0.39 is 5.92 Å². The van der Waals surface area contributed by atoms with E-state index in [1.165, 1.54) is 5.56 Å². The van der Waals surface area contributed by atoms with Gasteiger partial charge in [0.05, 0.1) is 0 Å². The number of carbonyl (C=O) groups is 3. The molecule has 1 heterocycles. The molecule has 1 amide bonds. The summed E-state index contributed by atoms with van der Waals surface area (Å²) >= 11 is 6.65. The van der Waals surface area contributed by atoms with Crippen LogP contribution in [0.25, 0.3) is 0 Å². The van der Waals surface area contributed by atoms with Gasteiger partial charge >= 0.3 is 0 Å². The Kier molecular flexibility index (Phi) is 9.16. The van der Waals surface area contributed by atoms with Crippen LogP contribution in [0, 0.1) is 24.7 Å². The number of ether oxygens (including phenoxy) is 1. The number of rotatable bonds is 8. The van der Waals surface area contributed by atoms with Gasteiger partial charge in [-0.2, -0.15) is 0 Å². The van der Waals surface area contributed by atoms with E-state index in [1.54, 1.807) is 18.2 Å². The second kappa shape index (κ2) is 13.0. The van der Waals surface area contributed by atoms with Gasteiger partial charge in [0.2, 0.25) is 0 Å². The number of carbonyl (C=O) groups excluding carboxylic acids is 3. The van der Waals surface area contributed by atoms with Crippen molar-refractivity contribution in [3.8, 4) is 5.75 Å². The van der Waals surface area contributed by atoms with E-state index >= 15 is 0 Å². The molecule has 6 nitrogen and oxygen atoms in total. The highest BCUT2D eigenvalue weighted by atomic mass is 35.5. The van der Waals surface area contributed by atoms with Crippen molar-refractivity contribution in [1.29, 1.82) is 0 Å². The summed E-state index contributed by atoms with van der Waals surface area (Å²) in [7, 11) is 0. The number of hydrogen-bond acceptors (Lipinski definition) is 5. The van der Waals surface area contributed by atoms with Crippen LogP contribution in [0.3, 0.4) is 0 Å². The fraction of sp³-hybridized carbons (Fsp3) is 0.390. The highest BCUT2D eigenvalue weighted by molar-refractivity contribution is 6.30. The van der Waals surface area contributed by atoms with Crippen LogP contribution in [-0.4, -0.2) is 35.5 Å². The molecule has 0 spiro atoms. The highest BCUT2D eigenvalue weighted by Gasteiger charge is 2.49. The number of nitrogens with zero attached hydrogens (tertiary/aromatic N) is 1. The van der Waals surface area contributed by atoms with Crippen LogP contribution in [0.4, 0.5) is 5.69 Å². The molecule has 3 aromatic carbocycles. The van der Waals surface area contributed by atoms with Crippen molar-refractivity contribution in [2.24, 2.45) is 10.8 Å². The summed E-state index contributed by atoms with van der Waals surface area (Å²) in [5.74, 6) is -0.417. The van der Waals surface area contributed by atoms with E-state index in [0.717, 1.165) is 34.6 Å². The van der Waals surface area contributed by atoms with Crippen LogP contribution in [0.15, 0.2) is 89.3 Å². The first kappa shape index (κ1) is 33.7. The minimum Gasteiger partial charge on any atom is -0.483 e. The molecule has 1 N–H and O–H groups in total. The van der Waals surface area contributed by atoms with Crippen molar-refractivity contribution < 1.29 is 19.1 Å². The number of Topliss-reactive ketones (excluding diaryl/α,β-unsaturated/α-hetero) is 2. The highest BCUT2D eigenvalue weighted by Crippen LogP contribution is 2.55. The molecule has 0 saturated carbocycles. The van der Waals surface area contributed by atoms with Crippen molar-refractivity contribution in [3.63, 3.8) is 0 Å². The van der Waals surface area contributed by atoms with E-state index in [4.69, 9.17) is 16.3 Å². The van der Waals surface area contributed by atoms with E-state index in [1.807, 2.05) is 50.2 Å². The minimum absolute atomic E-state index is 0.0404. The van der Waals surface area contributed by atoms with Crippen LogP contribution in [0.2, 0.25) is 5.02 Å². The summed E-state index contributed by atoms with van der Waals surface area (Å²) in [4.78, 5) is 44.1. The molecule has 0 unspecified atom stereocenters. The topological polar surface area (TPSA) is 75.7 Å². The molecular weight excluding hydrogens is 620 g/mol. The lowest BCUT2D eigenvalue weighted by Gasteiger charge is -2.49. The van der Waals surface area contributed by atoms with Gasteiger partial charge in [-0.25, -0.2) is 0 Å². The average Bonchev–Trinajstić information content (AvgIpc) is 3.00. The zero-order chi connectivity index (χ0) is 34.4. The van der Waals surface area contributed by atoms with Gasteiger partial charge in [-0.15, -0.1) is 0 Å². The Morgan fingerprint density at radius 2 is 1.48 bits per heavy atom. The zero-order valence-corrected chi connectivity index (χ0v) is 29.6. The lowest BCUT2D eigenvalue weighted by molar-refractivity contribution is -0.120. The van der Waals surface area contributed by atoms with Crippen molar-refractivity contribution in [3.05, 3.63) is 117 Å². The van der Waals surface area contributed by atoms with Crippen molar-refractivity contribution in [2.75, 3.05) is 18.5 Å². The van der Waals surface area contributed by atoms with Gasteiger partial charge in [0, 0.05) is 64.1 Å². The predicted molar refractivity (Wildman–Crippen MR) is 191 cm³/mol. The Hall–Kier alpha value is -4.16. The third-order valence-electron chi connectivity index (χ3n) is 9.79. The lowest BCUT2D eigenvalue weighted by Crippen LogP contribution is -2.45. The molecule has 0 atom stereocenters. The normalized spacial score (nSPS) is 18.9. The van der Waals surface area contributed by atoms with Gasteiger partial charge in [0.1, 0.15) is 5.75 Å². The molecule has 2 aliphatic carbocycles. The third-order valence-corrected chi connectivity index (χ3v) is 10.0. The third kappa shape index (κ3) is 7.00. The van der Waals surface area contributed by atoms with Crippen LogP contribution in [-0.2, 0) is 20.8 Å².